The van der Waals surface area contributed by atoms with Crippen molar-refractivity contribution < 1.29 is 17.1 Å². The van der Waals surface area contributed by atoms with Gasteiger partial charge in [-0.1, -0.05) is 6.07 Å². The number of nitrogens with zero attached hydrogens (tertiary/aromatic N) is 3. The predicted molar refractivity (Wildman–Crippen MR) is 128 cm³/mol. The van der Waals surface area contributed by atoms with Crippen LogP contribution in [0, 0.1) is 6.92 Å². The van der Waals surface area contributed by atoms with E-state index in [9.17, 15) is 0 Å². The Morgan fingerprint density at radius 3 is 1.25 bits per heavy atom. The molecule has 6 heterocycles. The molecule has 0 spiro atoms. The molecule has 157 valence electrons. The Labute approximate surface area is 196 Å². The van der Waals surface area contributed by atoms with Gasteiger partial charge in [-0.05, 0) is 91.9 Å². The van der Waals surface area contributed by atoms with Crippen molar-refractivity contribution in [2.45, 2.75) is 6.92 Å². The van der Waals surface area contributed by atoms with Crippen LogP contribution in [0.15, 0.2) is 72.9 Å². The predicted octanol–water partition coefficient (Wildman–Crippen LogP) is 6.04. The number of pyridine rings is 1. The van der Waals surface area contributed by atoms with E-state index >= 15 is 0 Å². The second kappa shape index (κ2) is 9.60. The van der Waals surface area contributed by atoms with Gasteiger partial charge in [0.1, 0.15) is 0 Å². The van der Waals surface area contributed by atoms with Crippen LogP contribution in [0.4, 0.5) is 0 Å². The smallest absolute Gasteiger partial charge is 0.0658 e. The van der Waals surface area contributed by atoms with Crippen LogP contribution < -0.4 is 0 Å². The summed E-state index contributed by atoms with van der Waals surface area (Å²) >= 11 is 0. The molecule has 0 unspecified atom stereocenters. The normalized spacial score (nSPS) is 11.4. The largest absolute Gasteiger partial charge is 0.355 e. The Morgan fingerprint density at radius 1 is 0.562 bits per heavy atom. The van der Waals surface area contributed by atoms with Crippen LogP contribution in [0.5, 0.6) is 0 Å². The summed E-state index contributed by atoms with van der Waals surface area (Å²) in [7, 11) is 0. The molecular formula is C26H21MnN5. The molecule has 6 rings (SSSR count). The van der Waals surface area contributed by atoms with Gasteiger partial charge >= 0.3 is 0 Å². The van der Waals surface area contributed by atoms with E-state index in [0.29, 0.717) is 0 Å². The third-order valence-electron chi connectivity index (χ3n) is 4.85. The van der Waals surface area contributed by atoms with E-state index in [1.807, 2.05) is 73.7 Å². The topological polar surface area (TPSA) is 70.2 Å². The first kappa shape index (κ1) is 21.5. The molecule has 2 aliphatic heterocycles. The summed E-state index contributed by atoms with van der Waals surface area (Å²) < 4.78 is 0. The first-order chi connectivity index (χ1) is 15.2. The molecule has 8 bridgehead atoms. The van der Waals surface area contributed by atoms with E-state index in [1.165, 1.54) is 0 Å². The number of nitrogens with one attached hydrogen (secondary N) is 2. The van der Waals surface area contributed by atoms with Crippen molar-refractivity contribution >= 4 is 46.4 Å². The van der Waals surface area contributed by atoms with Crippen molar-refractivity contribution in [3.63, 3.8) is 0 Å². The second-order valence-electron chi connectivity index (χ2n) is 7.38. The van der Waals surface area contributed by atoms with Gasteiger partial charge in [-0.25, -0.2) is 9.97 Å². The third kappa shape index (κ3) is 5.30. The number of fused-ring (bicyclic) bond motifs is 8. The molecule has 32 heavy (non-hydrogen) atoms. The van der Waals surface area contributed by atoms with Gasteiger partial charge in [0.2, 0.25) is 0 Å². The van der Waals surface area contributed by atoms with E-state index in [-0.39, 0.29) is 17.1 Å². The fourth-order valence-corrected chi connectivity index (χ4v) is 3.39. The van der Waals surface area contributed by atoms with Gasteiger partial charge in [0, 0.05) is 51.0 Å². The Balaban J connectivity index is 0.000000265. The molecule has 2 N–H and O–H groups in total. The molecule has 0 saturated heterocycles. The maximum absolute atomic E-state index is 4.63. The molecule has 0 amide bonds. The van der Waals surface area contributed by atoms with Crippen molar-refractivity contribution in [2.24, 2.45) is 0 Å². The van der Waals surface area contributed by atoms with Gasteiger partial charge in [0.25, 0.3) is 0 Å². The second-order valence-corrected chi connectivity index (χ2v) is 7.38. The van der Waals surface area contributed by atoms with Crippen LogP contribution in [0.3, 0.4) is 0 Å². The molecule has 5 nitrogen and oxygen atoms in total. The van der Waals surface area contributed by atoms with Crippen LogP contribution in [-0.2, 0) is 17.1 Å². The van der Waals surface area contributed by atoms with Gasteiger partial charge in [-0.15, -0.1) is 0 Å². The molecule has 0 aromatic carbocycles. The zero-order valence-electron chi connectivity index (χ0n) is 17.5. The Bertz CT molecular complexity index is 1270. The average Bonchev–Trinajstić information content (AvgIpc) is 3.55. The number of H-pyrrole nitrogens is 2. The molecule has 0 fully saturated rings. The summed E-state index contributed by atoms with van der Waals surface area (Å²) in [5, 5.41) is 0. The average molecular weight is 458 g/mol. The van der Waals surface area contributed by atoms with Crippen LogP contribution >= 0.6 is 0 Å². The van der Waals surface area contributed by atoms with Crippen molar-refractivity contribution in [1.29, 1.82) is 0 Å². The summed E-state index contributed by atoms with van der Waals surface area (Å²) in [5.41, 5.74) is 8.93. The van der Waals surface area contributed by atoms with E-state index in [4.69, 9.17) is 0 Å². The van der Waals surface area contributed by atoms with Crippen molar-refractivity contribution in [3.8, 4) is 0 Å². The molecule has 0 saturated carbocycles. The molecule has 2 aliphatic rings. The molecule has 1 radical (unpaired) electrons. The van der Waals surface area contributed by atoms with Gasteiger partial charge < -0.3 is 9.97 Å². The number of hydrogen-bond donors (Lipinski definition) is 2. The van der Waals surface area contributed by atoms with Crippen LogP contribution in [-0.4, -0.2) is 24.9 Å². The molecule has 4 aromatic heterocycles. The number of hydrogen-bond acceptors (Lipinski definition) is 3. The first-order valence-corrected chi connectivity index (χ1v) is 10.1. The molecular weight excluding hydrogens is 437 g/mol. The first-order valence-electron chi connectivity index (χ1n) is 10.1. The molecule has 0 atom stereocenters. The summed E-state index contributed by atoms with van der Waals surface area (Å²) in [4.78, 5) is 20.0. The zero-order chi connectivity index (χ0) is 21.0. The van der Waals surface area contributed by atoms with Crippen molar-refractivity contribution in [2.75, 3.05) is 0 Å². The van der Waals surface area contributed by atoms with Gasteiger partial charge in [-0.2, -0.15) is 0 Å². The van der Waals surface area contributed by atoms with Crippen molar-refractivity contribution in [1.82, 2.24) is 24.9 Å². The van der Waals surface area contributed by atoms with Gasteiger partial charge in [0.15, 0.2) is 0 Å². The fourth-order valence-electron chi connectivity index (χ4n) is 3.39. The van der Waals surface area contributed by atoms with E-state index < -0.39 is 0 Å². The quantitative estimate of drug-likeness (QED) is 0.273. The molecule has 4 aromatic rings. The minimum absolute atomic E-state index is 0. The van der Waals surface area contributed by atoms with Gasteiger partial charge in [0.05, 0.1) is 22.8 Å². The number of aromatic amines is 2. The number of aryl methyl sites for hydroxylation is 1. The fraction of sp³-hybridized carbons (Fsp3) is 0.0385. The summed E-state index contributed by atoms with van der Waals surface area (Å²) in [5.74, 6) is 0. The summed E-state index contributed by atoms with van der Waals surface area (Å²) in [6.45, 7) is 1.97. The van der Waals surface area contributed by atoms with Crippen LogP contribution in [0.25, 0.3) is 46.4 Å². The Morgan fingerprint density at radius 2 is 0.969 bits per heavy atom. The standard InChI is InChI=1S/C20H14N4.C6H7N.Mn/c1-2-14-10-16-5-6-18(23-16)12-20-8-7-19(24-20)11-17-4-3-15(22-17)9-13(1)21-14;1-6-4-2-3-5-7-6;/h1-12,21,24H;2-5H,1H3;. The van der Waals surface area contributed by atoms with Crippen molar-refractivity contribution in [3.05, 3.63) is 101 Å². The number of aromatic nitrogens is 5. The third-order valence-corrected chi connectivity index (χ3v) is 4.85. The maximum atomic E-state index is 4.63. The molecule has 6 heteroatoms. The van der Waals surface area contributed by atoms with E-state index in [1.54, 1.807) is 6.20 Å². The molecule has 0 aliphatic carbocycles. The summed E-state index contributed by atoms with van der Waals surface area (Å²) in [6.07, 6.45) is 9.88. The van der Waals surface area contributed by atoms with Crippen LogP contribution in [0.1, 0.15) is 28.5 Å². The maximum Gasteiger partial charge on any atom is 0.0658 e. The van der Waals surface area contributed by atoms with E-state index in [2.05, 4.69) is 49.2 Å². The Hall–Kier alpha value is -3.73. The number of rotatable bonds is 0. The van der Waals surface area contributed by atoms with E-state index in [0.717, 1.165) is 50.5 Å². The monoisotopic (exact) mass is 458 g/mol. The minimum atomic E-state index is 0. The SMILES string of the molecule is C1=Cc2cc3ccc(cc4nc(cc5ccc(cc1n2)[nH]5)C=C4)[nH]3.Cc1ccccn1.[Mn]. The minimum Gasteiger partial charge on any atom is -0.355 e. The zero-order valence-corrected chi connectivity index (χ0v) is 18.6. The summed E-state index contributed by atoms with van der Waals surface area (Å²) in [6, 6.07) is 22.2. The van der Waals surface area contributed by atoms with Crippen LogP contribution in [0.2, 0.25) is 0 Å². The Kier molecular flexibility index (Phi) is 6.45. The van der Waals surface area contributed by atoms with Gasteiger partial charge in [-0.3, -0.25) is 4.98 Å².